The first kappa shape index (κ1) is 8.93. The van der Waals surface area contributed by atoms with E-state index in [1.165, 1.54) is 12.1 Å². The SMILES string of the molecule is [2H]C1CC2C=CC(C1)C([2H])([2H])N(S(=O)(=O)c1ccccc1)C2[2H]. The van der Waals surface area contributed by atoms with Gasteiger partial charge in [0.05, 0.1) is 4.90 Å². The van der Waals surface area contributed by atoms with Gasteiger partial charge in [-0.1, -0.05) is 36.7 Å². The zero-order valence-electron chi connectivity index (χ0n) is 14.4. The Morgan fingerprint density at radius 3 is 2.58 bits per heavy atom. The fourth-order valence-electron chi connectivity index (χ4n) is 2.34. The molecule has 0 amide bonds. The smallest absolute Gasteiger partial charge is 0.207 e. The number of hydrogen-bond donors (Lipinski definition) is 0. The molecule has 1 aliphatic heterocycles. The number of benzene rings is 1. The first-order valence-electron chi connectivity index (χ1n) is 8.52. The van der Waals surface area contributed by atoms with E-state index in [1.807, 2.05) is 0 Å². The Morgan fingerprint density at radius 1 is 1.11 bits per heavy atom. The van der Waals surface area contributed by atoms with E-state index in [2.05, 4.69) is 0 Å². The highest BCUT2D eigenvalue weighted by molar-refractivity contribution is 7.89. The molecule has 1 aromatic carbocycles. The highest BCUT2D eigenvalue weighted by Gasteiger charge is 2.31. The highest BCUT2D eigenvalue weighted by Crippen LogP contribution is 2.30. The fourth-order valence-corrected chi connectivity index (χ4v) is 3.66. The Kier molecular flexibility index (Phi) is 2.39. The number of nitrogens with zero attached hydrogens (tertiary/aromatic N) is 1. The van der Waals surface area contributed by atoms with Crippen LogP contribution in [0.25, 0.3) is 0 Å². The van der Waals surface area contributed by atoms with E-state index < -0.39 is 41.3 Å². The number of hydrogen-bond acceptors (Lipinski definition) is 2. The molecule has 0 aromatic heterocycles. The molecule has 3 nitrogen and oxygen atoms in total. The van der Waals surface area contributed by atoms with Crippen molar-refractivity contribution < 1.29 is 13.9 Å². The maximum absolute atomic E-state index is 13.0. The summed E-state index contributed by atoms with van der Waals surface area (Å²) in [4.78, 5) is -0.0106. The minimum atomic E-state index is -4.13. The van der Waals surface area contributed by atoms with Gasteiger partial charge in [-0.25, -0.2) is 8.42 Å². The monoisotopic (exact) mass is 281 g/mol. The van der Waals surface area contributed by atoms with Crippen molar-refractivity contribution in [2.45, 2.75) is 24.1 Å². The van der Waals surface area contributed by atoms with Crippen LogP contribution in [0.3, 0.4) is 0 Å². The van der Waals surface area contributed by atoms with Crippen molar-refractivity contribution in [3.8, 4) is 0 Å². The van der Waals surface area contributed by atoms with E-state index in [0.717, 1.165) is 0 Å². The average molecular weight is 281 g/mol. The minimum absolute atomic E-state index is 0.0106. The third-order valence-electron chi connectivity index (χ3n) is 3.37. The average Bonchev–Trinajstić information content (AvgIpc) is 2.74. The van der Waals surface area contributed by atoms with Gasteiger partial charge in [0.2, 0.25) is 10.0 Å². The molecular formula is C15H19NO2S. The van der Waals surface area contributed by atoms with E-state index in [9.17, 15) is 8.42 Å². The van der Waals surface area contributed by atoms with Crippen molar-refractivity contribution in [3.63, 3.8) is 0 Å². The standard InChI is InChI=1S/C15H19NO2S/c17-19(18,15-7-2-1-3-8-15)16-11-13-5-4-6-14(12-16)10-9-13/h1-3,7-10,13-14H,4-6,11-12H2/i4D,11D,12D2. The molecule has 4 unspecified atom stereocenters. The molecule has 19 heavy (non-hydrogen) atoms. The molecule has 1 heterocycles. The molecule has 0 radical (unpaired) electrons. The van der Waals surface area contributed by atoms with Gasteiger partial charge < -0.3 is 0 Å². The van der Waals surface area contributed by atoms with E-state index >= 15 is 0 Å². The second kappa shape index (κ2) is 5.10. The Morgan fingerprint density at radius 2 is 1.79 bits per heavy atom. The predicted molar refractivity (Wildman–Crippen MR) is 75.2 cm³/mol. The summed E-state index contributed by atoms with van der Waals surface area (Å²) in [5.74, 6) is -1.19. The molecule has 102 valence electrons. The number of fused-ring (bicyclic) bond motifs is 2. The molecular weight excluding hydrogens is 258 g/mol. The summed E-state index contributed by atoms with van der Waals surface area (Å²) < 4.78 is 59.8. The van der Waals surface area contributed by atoms with Gasteiger partial charge in [0.1, 0.15) is 0 Å². The molecule has 2 bridgehead atoms. The third kappa shape index (κ3) is 2.60. The molecule has 0 saturated heterocycles. The van der Waals surface area contributed by atoms with E-state index in [0.29, 0.717) is 10.7 Å². The molecule has 0 spiro atoms. The lowest BCUT2D eigenvalue weighted by Crippen LogP contribution is -2.38. The second-order valence-corrected chi connectivity index (χ2v) is 6.62. The molecule has 0 fully saturated rings. The van der Waals surface area contributed by atoms with Crippen molar-refractivity contribution in [2.75, 3.05) is 13.0 Å². The molecule has 0 N–H and O–H groups in total. The summed E-state index contributed by atoms with van der Waals surface area (Å²) in [6.45, 7) is -3.50. The topological polar surface area (TPSA) is 37.4 Å². The van der Waals surface area contributed by atoms with Crippen LogP contribution in [0.1, 0.15) is 24.7 Å². The lowest BCUT2D eigenvalue weighted by molar-refractivity contribution is 0.308. The normalized spacial score (nSPS) is 41.5. The zero-order valence-corrected chi connectivity index (χ0v) is 11.3. The quantitative estimate of drug-likeness (QED) is 0.782. The molecule has 3 rings (SSSR count). The lowest BCUT2D eigenvalue weighted by Gasteiger charge is -2.28. The van der Waals surface area contributed by atoms with Gasteiger partial charge in [0.15, 0.2) is 0 Å². The molecule has 4 atom stereocenters. The van der Waals surface area contributed by atoms with Crippen LogP contribution >= 0.6 is 0 Å². The van der Waals surface area contributed by atoms with Gasteiger partial charge in [-0.05, 0) is 36.8 Å². The number of rotatable bonds is 2. The maximum atomic E-state index is 13.0. The first-order valence-corrected chi connectivity index (χ1v) is 7.81. The van der Waals surface area contributed by atoms with Crippen molar-refractivity contribution in [1.82, 2.24) is 4.31 Å². The van der Waals surface area contributed by atoms with Crippen LogP contribution < -0.4 is 0 Å². The first-order chi connectivity index (χ1) is 10.7. The van der Waals surface area contributed by atoms with Crippen LogP contribution in [-0.4, -0.2) is 25.7 Å². The van der Waals surface area contributed by atoms with Crippen LogP contribution in [0.15, 0.2) is 47.4 Å². The number of sulfonamides is 1. The van der Waals surface area contributed by atoms with Gasteiger partial charge in [-0.15, -0.1) is 0 Å². The van der Waals surface area contributed by atoms with Crippen LogP contribution in [0.5, 0.6) is 0 Å². The van der Waals surface area contributed by atoms with Crippen molar-refractivity contribution >= 4 is 10.0 Å². The summed E-state index contributed by atoms with van der Waals surface area (Å²) >= 11 is 0. The van der Waals surface area contributed by atoms with Crippen LogP contribution in [0.4, 0.5) is 0 Å². The fraction of sp³-hybridized carbons (Fsp3) is 0.467. The molecule has 4 heteroatoms. The summed E-state index contributed by atoms with van der Waals surface area (Å²) in [5.41, 5.74) is 0. The van der Waals surface area contributed by atoms with Gasteiger partial charge in [0.25, 0.3) is 0 Å². The van der Waals surface area contributed by atoms with E-state index in [4.69, 9.17) is 5.48 Å². The minimum Gasteiger partial charge on any atom is -0.207 e. The van der Waals surface area contributed by atoms with E-state index in [-0.39, 0.29) is 11.3 Å². The second-order valence-electron chi connectivity index (χ2n) is 4.81. The van der Waals surface area contributed by atoms with Crippen molar-refractivity contribution in [3.05, 3.63) is 42.5 Å². The predicted octanol–water partition coefficient (Wildman–Crippen LogP) is 2.66. The Bertz CT molecular complexity index is 707. The largest absolute Gasteiger partial charge is 0.243 e. The summed E-state index contributed by atoms with van der Waals surface area (Å²) in [6, 6.07) is 7.69. The Balaban J connectivity index is 2.11. The van der Waals surface area contributed by atoms with Gasteiger partial charge in [0, 0.05) is 18.5 Å². The Hall–Kier alpha value is -1.13. The summed E-state index contributed by atoms with van der Waals surface area (Å²) in [5, 5.41) is 0. The van der Waals surface area contributed by atoms with Crippen LogP contribution in [0.2, 0.25) is 0 Å². The van der Waals surface area contributed by atoms with Gasteiger partial charge in [-0.2, -0.15) is 4.31 Å². The summed E-state index contributed by atoms with van der Waals surface area (Å²) in [7, 11) is -4.13. The van der Waals surface area contributed by atoms with Crippen LogP contribution in [-0.2, 0) is 10.0 Å². The van der Waals surface area contributed by atoms with Gasteiger partial charge in [-0.3, -0.25) is 0 Å². The Labute approximate surface area is 120 Å². The van der Waals surface area contributed by atoms with Crippen molar-refractivity contribution in [1.29, 1.82) is 0 Å². The molecule has 1 aliphatic carbocycles. The molecule has 0 saturated carbocycles. The van der Waals surface area contributed by atoms with E-state index in [1.54, 1.807) is 30.4 Å². The zero-order chi connectivity index (χ0) is 16.8. The van der Waals surface area contributed by atoms with Crippen molar-refractivity contribution in [2.24, 2.45) is 11.8 Å². The maximum Gasteiger partial charge on any atom is 0.243 e. The van der Waals surface area contributed by atoms with Crippen LogP contribution in [0, 0.1) is 11.8 Å². The highest BCUT2D eigenvalue weighted by atomic mass is 32.2. The molecule has 1 aromatic rings. The van der Waals surface area contributed by atoms with Gasteiger partial charge >= 0.3 is 0 Å². The summed E-state index contributed by atoms with van der Waals surface area (Å²) in [6.07, 6.45) is 3.52. The molecule has 2 aliphatic rings. The third-order valence-corrected chi connectivity index (χ3v) is 4.98. The lowest BCUT2D eigenvalue weighted by atomic mass is 10.00.